The van der Waals surface area contributed by atoms with E-state index in [1.807, 2.05) is 41.9 Å². The fraction of sp³-hybridized carbons (Fsp3) is 0.238. The van der Waals surface area contributed by atoms with Crippen molar-refractivity contribution in [3.63, 3.8) is 0 Å². The van der Waals surface area contributed by atoms with Crippen molar-refractivity contribution in [2.24, 2.45) is 7.05 Å². The van der Waals surface area contributed by atoms with Crippen molar-refractivity contribution < 1.29 is 18.3 Å². The van der Waals surface area contributed by atoms with Gasteiger partial charge in [-0.2, -0.15) is 8.78 Å². The van der Waals surface area contributed by atoms with Crippen LogP contribution in [0.2, 0.25) is 0 Å². The summed E-state index contributed by atoms with van der Waals surface area (Å²) in [5.41, 5.74) is 2.88. The van der Waals surface area contributed by atoms with E-state index in [2.05, 4.69) is 9.72 Å². The number of nitrogens with zero attached hydrogens (tertiary/aromatic N) is 3. The van der Waals surface area contributed by atoms with Gasteiger partial charge in [0.05, 0.1) is 17.6 Å². The molecule has 0 aliphatic heterocycles. The molecule has 0 saturated heterocycles. The smallest absolute Gasteiger partial charge is 0.387 e. The van der Waals surface area contributed by atoms with Crippen molar-refractivity contribution in [1.82, 2.24) is 14.5 Å². The van der Waals surface area contributed by atoms with Gasteiger partial charge in [-0.25, -0.2) is 4.98 Å². The summed E-state index contributed by atoms with van der Waals surface area (Å²) in [5.74, 6) is 0.298. The lowest BCUT2D eigenvalue weighted by Crippen LogP contribution is -2.27. The van der Waals surface area contributed by atoms with E-state index < -0.39 is 6.61 Å². The number of aromatic nitrogens is 2. The molecule has 0 N–H and O–H groups in total. The first kappa shape index (κ1) is 20.9. The van der Waals surface area contributed by atoms with Gasteiger partial charge in [0.1, 0.15) is 5.75 Å². The van der Waals surface area contributed by atoms with Crippen LogP contribution < -0.4 is 4.74 Å². The van der Waals surface area contributed by atoms with E-state index in [0.717, 1.165) is 22.0 Å². The van der Waals surface area contributed by atoms with Gasteiger partial charge in [0.15, 0.2) is 5.16 Å². The molecule has 8 heteroatoms. The molecule has 0 fully saturated rings. The number of halogens is 2. The molecule has 1 amide bonds. The Hall–Kier alpha value is -2.87. The summed E-state index contributed by atoms with van der Waals surface area (Å²) in [7, 11) is 3.63. The van der Waals surface area contributed by atoms with Crippen molar-refractivity contribution >= 4 is 17.7 Å². The van der Waals surface area contributed by atoms with Gasteiger partial charge < -0.3 is 14.2 Å². The monoisotopic (exact) mass is 417 g/mol. The van der Waals surface area contributed by atoms with Gasteiger partial charge in [0.2, 0.25) is 5.91 Å². The fourth-order valence-electron chi connectivity index (χ4n) is 2.78. The highest BCUT2D eigenvalue weighted by atomic mass is 32.2. The van der Waals surface area contributed by atoms with E-state index in [9.17, 15) is 13.6 Å². The van der Waals surface area contributed by atoms with Crippen LogP contribution in [0.3, 0.4) is 0 Å². The van der Waals surface area contributed by atoms with Gasteiger partial charge in [-0.15, -0.1) is 0 Å². The summed E-state index contributed by atoms with van der Waals surface area (Å²) in [6, 6.07) is 16.2. The number of imidazole rings is 1. The molecule has 5 nitrogen and oxygen atoms in total. The maximum Gasteiger partial charge on any atom is 0.387 e. The van der Waals surface area contributed by atoms with Gasteiger partial charge in [0.25, 0.3) is 0 Å². The number of carbonyl (C=O) groups is 1. The van der Waals surface area contributed by atoms with E-state index in [0.29, 0.717) is 6.54 Å². The van der Waals surface area contributed by atoms with Crippen LogP contribution in [0.15, 0.2) is 66.0 Å². The number of alkyl halides is 2. The second-order valence-corrected chi connectivity index (χ2v) is 7.35. The highest BCUT2D eigenvalue weighted by molar-refractivity contribution is 7.99. The predicted octanol–water partition coefficient (Wildman–Crippen LogP) is 4.44. The summed E-state index contributed by atoms with van der Waals surface area (Å²) in [6.07, 6.45) is 1.80. The van der Waals surface area contributed by atoms with Crippen LogP contribution in [0.25, 0.3) is 11.3 Å². The van der Waals surface area contributed by atoms with Gasteiger partial charge >= 0.3 is 6.61 Å². The van der Waals surface area contributed by atoms with Crippen LogP contribution in [-0.2, 0) is 18.4 Å². The van der Waals surface area contributed by atoms with Crippen LogP contribution >= 0.6 is 11.8 Å². The molecule has 0 bridgehead atoms. The number of benzene rings is 2. The minimum Gasteiger partial charge on any atom is -0.435 e. The molecular weight excluding hydrogens is 396 g/mol. The molecular formula is C21H21F2N3O2S. The van der Waals surface area contributed by atoms with Crippen molar-refractivity contribution in [3.8, 4) is 17.0 Å². The zero-order chi connectivity index (χ0) is 20.8. The predicted molar refractivity (Wildman–Crippen MR) is 109 cm³/mol. The van der Waals surface area contributed by atoms with Crippen LogP contribution in [0.4, 0.5) is 8.78 Å². The minimum atomic E-state index is -2.85. The highest BCUT2D eigenvalue weighted by Crippen LogP contribution is 2.25. The van der Waals surface area contributed by atoms with E-state index in [1.54, 1.807) is 30.3 Å². The van der Waals surface area contributed by atoms with Gasteiger partial charge in [0, 0.05) is 20.6 Å². The molecule has 0 atom stereocenters. The van der Waals surface area contributed by atoms with E-state index in [4.69, 9.17) is 0 Å². The Morgan fingerprint density at radius 3 is 2.52 bits per heavy atom. The number of rotatable bonds is 8. The highest BCUT2D eigenvalue weighted by Gasteiger charge is 2.14. The van der Waals surface area contributed by atoms with Crippen molar-refractivity contribution in [2.45, 2.75) is 18.3 Å². The molecule has 29 heavy (non-hydrogen) atoms. The van der Waals surface area contributed by atoms with Crippen LogP contribution in [-0.4, -0.2) is 39.8 Å². The Kier molecular flexibility index (Phi) is 6.87. The zero-order valence-corrected chi connectivity index (χ0v) is 16.9. The number of thioether (sulfide) groups is 1. The van der Waals surface area contributed by atoms with Gasteiger partial charge in [-0.3, -0.25) is 4.79 Å². The molecule has 3 rings (SSSR count). The number of amides is 1. The molecule has 0 unspecified atom stereocenters. The van der Waals surface area contributed by atoms with E-state index in [-0.39, 0.29) is 17.4 Å². The number of ether oxygens (including phenoxy) is 1. The fourth-order valence-corrected chi connectivity index (χ4v) is 3.67. The number of hydrogen-bond acceptors (Lipinski definition) is 4. The maximum absolute atomic E-state index is 12.5. The lowest BCUT2D eigenvalue weighted by molar-refractivity contribution is -0.127. The van der Waals surface area contributed by atoms with Crippen LogP contribution in [0.1, 0.15) is 5.56 Å². The first-order valence-electron chi connectivity index (χ1n) is 8.91. The zero-order valence-electron chi connectivity index (χ0n) is 16.1. The van der Waals surface area contributed by atoms with Gasteiger partial charge in [-0.05, 0) is 23.3 Å². The summed E-state index contributed by atoms with van der Waals surface area (Å²) < 4.78 is 30.7. The molecule has 0 aliphatic carbocycles. The molecule has 0 aliphatic rings. The number of carbonyl (C=O) groups excluding carboxylic acids is 1. The standard InChI is InChI=1S/C21H21F2N3O2S/c1-25(13-15-8-10-17(11-9-15)28-20(22)23)19(27)14-29-21-24-12-18(26(21)2)16-6-4-3-5-7-16/h3-12,20H,13-14H2,1-2H3. The largest absolute Gasteiger partial charge is 0.435 e. The third kappa shape index (κ3) is 5.57. The normalized spacial score (nSPS) is 10.9. The van der Waals surface area contributed by atoms with Crippen molar-refractivity contribution in [1.29, 1.82) is 0 Å². The topological polar surface area (TPSA) is 47.4 Å². The van der Waals surface area contributed by atoms with Crippen LogP contribution in [0.5, 0.6) is 5.75 Å². The summed E-state index contributed by atoms with van der Waals surface area (Å²) in [4.78, 5) is 18.5. The first-order valence-corrected chi connectivity index (χ1v) is 9.90. The molecule has 0 spiro atoms. The molecule has 3 aromatic rings. The average Bonchev–Trinajstić information content (AvgIpc) is 3.08. The first-order chi connectivity index (χ1) is 13.9. The van der Waals surface area contributed by atoms with E-state index in [1.165, 1.54) is 23.9 Å². The maximum atomic E-state index is 12.5. The Balaban J connectivity index is 1.55. The third-order valence-corrected chi connectivity index (χ3v) is 5.36. The summed E-state index contributed by atoms with van der Waals surface area (Å²) in [5, 5.41) is 0.763. The molecule has 0 radical (unpaired) electrons. The van der Waals surface area contributed by atoms with Crippen molar-refractivity contribution in [2.75, 3.05) is 12.8 Å². The molecule has 1 heterocycles. The Morgan fingerprint density at radius 2 is 1.86 bits per heavy atom. The lowest BCUT2D eigenvalue weighted by atomic mass is 10.2. The van der Waals surface area contributed by atoms with Gasteiger partial charge in [-0.1, -0.05) is 54.2 Å². The molecule has 0 saturated carbocycles. The van der Waals surface area contributed by atoms with E-state index >= 15 is 0 Å². The average molecular weight is 417 g/mol. The van der Waals surface area contributed by atoms with Crippen molar-refractivity contribution in [3.05, 3.63) is 66.4 Å². The summed E-state index contributed by atoms with van der Waals surface area (Å²) >= 11 is 1.38. The summed E-state index contributed by atoms with van der Waals surface area (Å²) in [6.45, 7) is -2.47. The quantitative estimate of drug-likeness (QED) is 0.509. The Morgan fingerprint density at radius 1 is 1.17 bits per heavy atom. The second-order valence-electron chi connectivity index (χ2n) is 6.41. The Bertz CT molecular complexity index is 946. The van der Waals surface area contributed by atoms with Crippen LogP contribution in [0, 0.1) is 0 Å². The SMILES string of the molecule is CN(Cc1ccc(OC(F)F)cc1)C(=O)CSc1ncc(-c2ccccc2)n1C. The Labute approximate surface area is 172 Å². The molecule has 152 valence electrons. The third-order valence-electron chi connectivity index (χ3n) is 4.33. The second kappa shape index (κ2) is 9.56. The lowest BCUT2D eigenvalue weighted by Gasteiger charge is -2.17. The molecule has 1 aromatic heterocycles. The minimum absolute atomic E-state index is 0.0489. The number of hydrogen-bond donors (Lipinski definition) is 0. The molecule has 2 aromatic carbocycles.